The molecule has 0 saturated carbocycles. The lowest BCUT2D eigenvalue weighted by atomic mass is 10.2. The fraction of sp³-hybridized carbons (Fsp3) is 0.526. The summed E-state index contributed by atoms with van der Waals surface area (Å²) in [6, 6.07) is 5.67. The summed E-state index contributed by atoms with van der Waals surface area (Å²) in [6.07, 6.45) is 4.97. The molecule has 1 amide bonds. The number of hydrogen-bond acceptors (Lipinski definition) is 5. The molecule has 2 aromatic rings. The topological polar surface area (TPSA) is 82.6 Å². The Bertz CT molecular complexity index is 815. The van der Waals surface area contributed by atoms with Gasteiger partial charge >= 0.3 is 12.1 Å². The number of nitrogens with one attached hydrogen (secondary N) is 1. The van der Waals surface area contributed by atoms with Crippen molar-refractivity contribution in [3.8, 4) is 0 Å². The Hall–Kier alpha value is -1.93. The summed E-state index contributed by atoms with van der Waals surface area (Å²) in [6.45, 7) is 2.95. The molecule has 0 aliphatic rings. The predicted octanol–water partition coefficient (Wildman–Crippen LogP) is 5.74. The lowest BCUT2D eigenvalue weighted by Gasteiger charge is -2.22. The number of benzene rings is 1. The minimum Gasteiger partial charge on any atom is -0.481 e. The molecular weight excluding hydrogens is 384 g/mol. The highest BCUT2D eigenvalue weighted by Gasteiger charge is 2.18. The van der Waals surface area contributed by atoms with Gasteiger partial charge in [0, 0.05) is 18.7 Å². The summed E-state index contributed by atoms with van der Waals surface area (Å²) in [7, 11) is 0. The number of anilines is 1. The number of aromatic amines is 1. The number of rotatable bonds is 11. The lowest BCUT2D eigenvalue weighted by molar-refractivity contribution is -0.137. The maximum atomic E-state index is 12.6. The van der Waals surface area contributed by atoms with E-state index in [1.54, 1.807) is 4.90 Å². The monoisotopic (exact) mass is 410 g/mol. The SMILES string of the molecule is CCCCCCOC(=O)N(CCCCC(=O)O)c1ccc2[nH]c(=S)sc2c1. The molecule has 148 valence electrons. The van der Waals surface area contributed by atoms with Crippen LogP contribution in [-0.4, -0.2) is 35.3 Å². The summed E-state index contributed by atoms with van der Waals surface area (Å²) >= 11 is 6.64. The Morgan fingerprint density at radius 2 is 2.04 bits per heavy atom. The van der Waals surface area contributed by atoms with Crippen molar-refractivity contribution in [3.05, 3.63) is 22.2 Å². The number of carbonyl (C=O) groups excluding carboxylic acids is 1. The smallest absolute Gasteiger partial charge is 0.414 e. The van der Waals surface area contributed by atoms with Gasteiger partial charge in [-0.2, -0.15) is 0 Å². The average Bonchev–Trinajstić information content (AvgIpc) is 3.00. The Kier molecular flexibility index (Phi) is 8.74. The zero-order valence-corrected chi connectivity index (χ0v) is 17.2. The van der Waals surface area contributed by atoms with Gasteiger partial charge in [-0.15, -0.1) is 11.3 Å². The molecule has 0 atom stereocenters. The van der Waals surface area contributed by atoms with E-state index in [9.17, 15) is 9.59 Å². The number of carboxylic acids is 1. The number of nitrogens with zero attached hydrogens (tertiary/aromatic N) is 1. The van der Waals surface area contributed by atoms with Gasteiger partial charge < -0.3 is 14.8 Å². The summed E-state index contributed by atoms with van der Waals surface area (Å²) in [5.74, 6) is -0.825. The van der Waals surface area contributed by atoms with Crippen molar-refractivity contribution < 1.29 is 19.4 Å². The van der Waals surface area contributed by atoms with Gasteiger partial charge in [-0.25, -0.2) is 4.79 Å². The Balaban J connectivity index is 2.05. The standard InChI is InChI=1S/C19H26N2O4S2/c1-2-3-4-7-12-25-19(24)21(11-6-5-8-17(22)23)14-9-10-15-16(13-14)27-18(26)20-15/h9-10,13H,2-8,11-12H2,1H3,(H,20,26)(H,22,23). The molecule has 0 fully saturated rings. The van der Waals surface area contributed by atoms with E-state index in [2.05, 4.69) is 11.9 Å². The number of ether oxygens (including phenoxy) is 1. The van der Waals surface area contributed by atoms with Crippen LogP contribution in [0.25, 0.3) is 10.2 Å². The van der Waals surface area contributed by atoms with Crippen LogP contribution < -0.4 is 4.90 Å². The van der Waals surface area contributed by atoms with Gasteiger partial charge in [-0.1, -0.05) is 26.2 Å². The quantitative estimate of drug-likeness (QED) is 0.365. The van der Waals surface area contributed by atoms with E-state index in [0.29, 0.717) is 29.9 Å². The molecule has 0 bridgehead atoms. The molecule has 0 aliphatic carbocycles. The van der Waals surface area contributed by atoms with Crippen LogP contribution in [0.2, 0.25) is 0 Å². The van der Waals surface area contributed by atoms with E-state index in [4.69, 9.17) is 22.1 Å². The van der Waals surface area contributed by atoms with Crippen LogP contribution >= 0.6 is 23.6 Å². The fourth-order valence-corrected chi connectivity index (χ4v) is 3.89. The molecule has 27 heavy (non-hydrogen) atoms. The number of carbonyl (C=O) groups is 2. The highest BCUT2D eigenvalue weighted by Crippen LogP contribution is 2.26. The van der Waals surface area contributed by atoms with Crippen molar-refractivity contribution in [2.75, 3.05) is 18.1 Å². The minimum absolute atomic E-state index is 0.0954. The highest BCUT2D eigenvalue weighted by molar-refractivity contribution is 7.73. The second kappa shape index (κ2) is 11.0. The van der Waals surface area contributed by atoms with Crippen LogP contribution in [-0.2, 0) is 9.53 Å². The van der Waals surface area contributed by atoms with E-state index in [-0.39, 0.29) is 12.5 Å². The first-order chi connectivity index (χ1) is 13.0. The van der Waals surface area contributed by atoms with Gasteiger partial charge in [0.1, 0.15) is 0 Å². The summed E-state index contributed by atoms with van der Waals surface area (Å²) < 4.78 is 7.11. The molecule has 0 radical (unpaired) electrons. The summed E-state index contributed by atoms with van der Waals surface area (Å²) in [5, 5.41) is 8.80. The van der Waals surface area contributed by atoms with Gasteiger partial charge in [0.05, 0.1) is 16.8 Å². The van der Waals surface area contributed by atoms with E-state index in [1.165, 1.54) is 11.3 Å². The molecule has 0 spiro atoms. The van der Waals surface area contributed by atoms with Gasteiger partial charge in [0.15, 0.2) is 3.95 Å². The van der Waals surface area contributed by atoms with Crippen molar-refractivity contribution >= 4 is 51.5 Å². The number of hydrogen-bond donors (Lipinski definition) is 2. The molecule has 0 aliphatic heterocycles. The lowest BCUT2D eigenvalue weighted by Crippen LogP contribution is -2.32. The predicted molar refractivity (Wildman–Crippen MR) is 111 cm³/mol. The first-order valence-corrected chi connectivity index (χ1v) is 10.5. The number of fused-ring (bicyclic) bond motifs is 1. The first-order valence-electron chi connectivity index (χ1n) is 9.30. The van der Waals surface area contributed by atoms with Gasteiger partial charge in [0.2, 0.25) is 0 Å². The largest absolute Gasteiger partial charge is 0.481 e. The number of aliphatic carboxylic acids is 1. The van der Waals surface area contributed by atoms with Gasteiger partial charge in [-0.05, 0) is 49.7 Å². The van der Waals surface area contributed by atoms with Crippen LogP contribution in [0.1, 0.15) is 51.9 Å². The number of aromatic nitrogens is 1. The second-order valence-electron chi connectivity index (χ2n) is 6.37. The normalized spacial score (nSPS) is 10.9. The Morgan fingerprint density at radius 1 is 1.22 bits per heavy atom. The minimum atomic E-state index is -0.825. The number of carboxylic acid groups (broad SMARTS) is 1. The van der Waals surface area contributed by atoms with E-state index < -0.39 is 5.97 Å². The number of amides is 1. The van der Waals surface area contributed by atoms with E-state index in [1.807, 2.05) is 18.2 Å². The maximum Gasteiger partial charge on any atom is 0.414 e. The third kappa shape index (κ3) is 6.95. The fourth-order valence-electron chi connectivity index (χ4n) is 2.74. The van der Waals surface area contributed by atoms with E-state index >= 15 is 0 Å². The van der Waals surface area contributed by atoms with Crippen LogP contribution in [0, 0.1) is 3.95 Å². The summed E-state index contributed by atoms with van der Waals surface area (Å²) in [5.41, 5.74) is 1.68. The van der Waals surface area contributed by atoms with Crippen LogP contribution in [0.15, 0.2) is 18.2 Å². The van der Waals surface area contributed by atoms with Crippen LogP contribution in [0.4, 0.5) is 10.5 Å². The molecule has 2 N–H and O–H groups in total. The van der Waals surface area contributed by atoms with Crippen molar-refractivity contribution in [2.24, 2.45) is 0 Å². The molecule has 0 saturated heterocycles. The molecule has 6 nitrogen and oxygen atoms in total. The molecule has 1 aromatic carbocycles. The molecule has 1 aromatic heterocycles. The average molecular weight is 411 g/mol. The van der Waals surface area contributed by atoms with E-state index in [0.717, 1.165) is 41.6 Å². The van der Waals surface area contributed by atoms with Gasteiger partial charge in [-0.3, -0.25) is 9.69 Å². The summed E-state index contributed by atoms with van der Waals surface area (Å²) in [4.78, 5) is 28.0. The highest BCUT2D eigenvalue weighted by atomic mass is 32.1. The molecule has 2 rings (SSSR count). The third-order valence-electron chi connectivity index (χ3n) is 4.18. The second-order valence-corrected chi connectivity index (χ2v) is 8.09. The van der Waals surface area contributed by atoms with Crippen molar-refractivity contribution in [1.82, 2.24) is 4.98 Å². The number of unbranched alkanes of at least 4 members (excludes halogenated alkanes) is 4. The van der Waals surface area contributed by atoms with Crippen molar-refractivity contribution in [1.29, 1.82) is 0 Å². The molecule has 0 unspecified atom stereocenters. The Morgan fingerprint density at radius 3 is 2.78 bits per heavy atom. The van der Waals surface area contributed by atoms with Crippen molar-refractivity contribution in [2.45, 2.75) is 51.9 Å². The molecule has 8 heteroatoms. The van der Waals surface area contributed by atoms with Crippen LogP contribution in [0.5, 0.6) is 0 Å². The number of thiazole rings is 1. The zero-order valence-electron chi connectivity index (χ0n) is 15.5. The molecular formula is C19H26N2O4S2. The molecule has 1 heterocycles. The van der Waals surface area contributed by atoms with Crippen LogP contribution in [0.3, 0.4) is 0 Å². The van der Waals surface area contributed by atoms with Gasteiger partial charge in [0.25, 0.3) is 0 Å². The first kappa shape index (κ1) is 21.4. The zero-order chi connectivity index (χ0) is 19.6. The maximum absolute atomic E-state index is 12.6. The third-order valence-corrected chi connectivity index (χ3v) is 5.38. The van der Waals surface area contributed by atoms with Crippen molar-refractivity contribution in [3.63, 3.8) is 0 Å². The number of H-pyrrole nitrogens is 1. The Labute approximate surface area is 168 Å².